The summed E-state index contributed by atoms with van der Waals surface area (Å²) < 4.78 is 10.5. The van der Waals surface area contributed by atoms with Gasteiger partial charge in [0.1, 0.15) is 12.4 Å². The molecule has 106 valence electrons. The van der Waals surface area contributed by atoms with E-state index >= 15 is 0 Å². The predicted octanol–water partition coefficient (Wildman–Crippen LogP) is 2.25. The number of hydrogen-bond donors (Lipinski definition) is 2. The predicted molar refractivity (Wildman–Crippen MR) is 77.6 cm³/mol. The lowest BCUT2D eigenvalue weighted by molar-refractivity contribution is 0.146. The molecule has 0 spiro atoms. The molecule has 0 bridgehead atoms. The zero-order valence-corrected chi connectivity index (χ0v) is 11.6. The molecular weight excluding hydrogens is 240 g/mol. The summed E-state index contributed by atoms with van der Waals surface area (Å²) in [5, 5.41) is 3.58. The third kappa shape index (κ3) is 4.11. The van der Waals surface area contributed by atoms with E-state index in [1.54, 1.807) is 7.11 Å². The lowest BCUT2D eigenvalue weighted by Crippen LogP contribution is -2.29. The van der Waals surface area contributed by atoms with Crippen molar-refractivity contribution in [2.75, 3.05) is 32.2 Å². The summed E-state index contributed by atoms with van der Waals surface area (Å²) in [6.07, 6.45) is 3.73. The molecule has 1 aromatic rings. The number of nitrogens with one attached hydrogen (secondary N) is 1. The molecule has 1 fully saturated rings. The van der Waals surface area contributed by atoms with Gasteiger partial charge in [-0.15, -0.1) is 0 Å². The van der Waals surface area contributed by atoms with E-state index in [0.717, 1.165) is 18.0 Å². The Balaban J connectivity index is 1.84. The number of benzene rings is 1. The van der Waals surface area contributed by atoms with Crippen LogP contribution in [-0.2, 0) is 4.74 Å². The summed E-state index contributed by atoms with van der Waals surface area (Å²) in [5.74, 6) is 1.49. The molecule has 2 unspecified atom stereocenters. The molecule has 1 saturated carbocycles. The highest BCUT2D eigenvalue weighted by atomic mass is 16.5. The van der Waals surface area contributed by atoms with Gasteiger partial charge in [0.25, 0.3) is 0 Å². The van der Waals surface area contributed by atoms with Crippen LogP contribution in [0.2, 0.25) is 0 Å². The first kappa shape index (κ1) is 14.2. The van der Waals surface area contributed by atoms with Gasteiger partial charge in [-0.1, -0.05) is 6.42 Å². The van der Waals surface area contributed by atoms with Gasteiger partial charge in [0.05, 0.1) is 6.61 Å². The van der Waals surface area contributed by atoms with Gasteiger partial charge in [0, 0.05) is 18.8 Å². The van der Waals surface area contributed by atoms with Crippen LogP contribution in [0.15, 0.2) is 24.3 Å². The highest BCUT2D eigenvalue weighted by Gasteiger charge is 2.25. The van der Waals surface area contributed by atoms with Crippen LogP contribution in [0.25, 0.3) is 0 Å². The van der Waals surface area contributed by atoms with Crippen LogP contribution in [0.5, 0.6) is 5.75 Å². The van der Waals surface area contributed by atoms with Gasteiger partial charge in [0.15, 0.2) is 0 Å². The highest BCUT2D eigenvalue weighted by molar-refractivity contribution is 5.47. The second-order valence-corrected chi connectivity index (χ2v) is 5.04. The Kier molecular flexibility index (Phi) is 5.48. The van der Waals surface area contributed by atoms with Gasteiger partial charge >= 0.3 is 0 Å². The van der Waals surface area contributed by atoms with Crippen molar-refractivity contribution in [3.8, 4) is 5.75 Å². The standard InChI is InChI=1S/C15H24N2O2/c1-18-9-10-19-14-7-5-13(6-8-14)17-15-4-2-3-12(15)11-16/h5-8,12,15,17H,2-4,9-11,16H2,1H3. The molecule has 2 rings (SSSR count). The molecule has 19 heavy (non-hydrogen) atoms. The van der Waals surface area contributed by atoms with Crippen LogP contribution in [0.4, 0.5) is 5.69 Å². The maximum Gasteiger partial charge on any atom is 0.119 e. The monoisotopic (exact) mass is 264 g/mol. The Morgan fingerprint density at radius 3 is 2.68 bits per heavy atom. The molecule has 0 heterocycles. The minimum absolute atomic E-state index is 0.519. The second-order valence-electron chi connectivity index (χ2n) is 5.04. The number of hydrogen-bond acceptors (Lipinski definition) is 4. The van der Waals surface area contributed by atoms with Crippen molar-refractivity contribution in [2.45, 2.75) is 25.3 Å². The number of ether oxygens (including phenoxy) is 2. The van der Waals surface area contributed by atoms with Crippen molar-refractivity contribution in [3.63, 3.8) is 0 Å². The lowest BCUT2D eigenvalue weighted by atomic mass is 10.0. The van der Waals surface area contributed by atoms with Gasteiger partial charge in [-0.05, 0) is 49.6 Å². The molecule has 0 aliphatic heterocycles. The zero-order valence-electron chi connectivity index (χ0n) is 11.6. The molecule has 1 aromatic carbocycles. The Hall–Kier alpha value is -1.26. The number of rotatable bonds is 7. The molecule has 4 heteroatoms. The summed E-state index contributed by atoms with van der Waals surface area (Å²) in [5.41, 5.74) is 6.94. The van der Waals surface area contributed by atoms with Gasteiger partial charge < -0.3 is 20.5 Å². The van der Waals surface area contributed by atoms with Crippen LogP contribution >= 0.6 is 0 Å². The van der Waals surface area contributed by atoms with Crippen molar-refractivity contribution in [3.05, 3.63) is 24.3 Å². The fourth-order valence-corrected chi connectivity index (χ4v) is 2.61. The normalized spacial score (nSPS) is 22.4. The highest BCUT2D eigenvalue weighted by Crippen LogP contribution is 2.28. The van der Waals surface area contributed by atoms with Crippen molar-refractivity contribution in [1.29, 1.82) is 0 Å². The van der Waals surface area contributed by atoms with Crippen LogP contribution in [-0.4, -0.2) is 32.9 Å². The van der Waals surface area contributed by atoms with E-state index in [-0.39, 0.29) is 0 Å². The summed E-state index contributed by atoms with van der Waals surface area (Å²) in [7, 11) is 1.67. The third-order valence-electron chi connectivity index (χ3n) is 3.72. The van der Waals surface area contributed by atoms with E-state index in [1.165, 1.54) is 19.3 Å². The SMILES string of the molecule is COCCOc1ccc(NC2CCCC2CN)cc1. The van der Waals surface area contributed by atoms with Gasteiger partial charge in [0.2, 0.25) is 0 Å². The first-order chi connectivity index (χ1) is 9.33. The molecule has 1 aliphatic rings. The number of nitrogens with two attached hydrogens (primary N) is 1. The third-order valence-corrected chi connectivity index (χ3v) is 3.72. The quantitative estimate of drug-likeness (QED) is 0.742. The van der Waals surface area contributed by atoms with E-state index in [9.17, 15) is 0 Å². The summed E-state index contributed by atoms with van der Waals surface area (Å²) in [6.45, 7) is 1.97. The van der Waals surface area contributed by atoms with E-state index in [2.05, 4.69) is 17.4 Å². The smallest absolute Gasteiger partial charge is 0.119 e. The van der Waals surface area contributed by atoms with Crippen LogP contribution in [0.3, 0.4) is 0 Å². The minimum Gasteiger partial charge on any atom is -0.491 e. The largest absolute Gasteiger partial charge is 0.491 e. The van der Waals surface area contributed by atoms with Crippen molar-refractivity contribution < 1.29 is 9.47 Å². The van der Waals surface area contributed by atoms with Crippen LogP contribution in [0.1, 0.15) is 19.3 Å². The maximum absolute atomic E-state index is 5.80. The van der Waals surface area contributed by atoms with Gasteiger partial charge in [-0.2, -0.15) is 0 Å². The average molecular weight is 264 g/mol. The molecule has 0 radical (unpaired) electrons. The molecule has 0 amide bonds. The summed E-state index contributed by atoms with van der Waals surface area (Å²) in [4.78, 5) is 0. The Labute approximate surface area is 115 Å². The van der Waals surface area contributed by atoms with Crippen LogP contribution in [0, 0.1) is 5.92 Å². The minimum atomic E-state index is 0.519. The molecule has 0 aromatic heterocycles. The Morgan fingerprint density at radius 2 is 2.00 bits per heavy atom. The maximum atomic E-state index is 5.80. The van der Waals surface area contributed by atoms with Crippen molar-refractivity contribution in [2.24, 2.45) is 11.7 Å². The fourth-order valence-electron chi connectivity index (χ4n) is 2.61. The van der Waals surface area contributed by atoms with Gasteiger partial charge in [-0.3, -0.25) is 0 Å². The Morgan fingerprint density at radius 1 is 1.21 bits per heavy atom. The van der Waals surface area contributed by atoms with Gasteiger partial charge in [-0.25, -0.2) is 0 Å². The van der Waals surface area contributed by atoms with E-state index < -0.39 is 0 Å². The van der Waals surface area contributed by atoms with E-state index in [4.69, 9.17) is 15.2 Å². The first-order valence-electron chi connectivity index (χ1n) is 7.02. The molecule has 2 atom stereocenters. The fraction of sp³-hybridized carbons (Fsp3) is 0.600. The van der Waals surface area contributed by atoms with E-state index in [1.807, 2.05) is 12.1 Å². The average Bonchev–Trinajstić information content (AvgIpc) is 2.88. The second kappa shape index (κ2) is 7.36. The topological polar surface area (TPSA) is 56.5 Å². The number of methoxy groups -OCH3 is 1. The molecule has 4 nitrogen and oxygen atoms in total. The van der Waals surface area contributed by atoms with Crippen LogP contribution < -0.4 is 15.8 Å². The van der Waals surface area contributed by atoms with Crippen molar-refractivity contribution in [1.82, 2.24) is 0 Å². The lowest BCUT2D eigenvalue weighted by Gasteiger charge is -2.20. The van der Waals surface area contributed by atoms with Crippen molar-refractivity contribution >= 4 is 5.69 Å². The summed E-state index contributed by atoms with van der Waals surface area (Å²) in [6, 6.07) is 8.63. The number of anilines is 1. The summed E-state index contributed by atoms with van der Waals surface area (Å²) >= 11 is 0. The molecular formula is C15H24N2O2. The Bertz CT molecular complexity index is 367. The first-order valence-corrected chi connectivity index (χ1v) is 7.02. The van der Waals surface area contributed by atoms with E-state index in [0.29, 0.717) is 25.2 Å². The zero-order chi connectivity index (χ0) is 13.5. The molecule has 1 aliphatic carbocycles. The molecule has 3 N–H and O–H groups in total. The molecule has 0 saturated heterocycles.